The van der Waals surface area contributed by atoms with Crippen LogP contribution in [0, 0.1) is 0 Å². The van der Waals surface area contributed by atoms with Crippen molar-refractivity contribution in [3.05, 3.63) is 42.5 Å². The molecule has 1 unspecified atom stereocenters. The van der Waals surface area contributed by atoms with Gasteiger partial charge in [0.05, 0.1) is 25.5 Å². The van der Waals surface area contributed by atoms with Gasteiger partial charge in [-0.1, -0.05) is 24.3 Å². The second-order valence-corrected chi connectivity index (χ2v) is 6.08. The van der Waals surface area contributed by atoms with Crippen LogP contribution in [0.25, 0.3) is 11.1 Å². The van der Waals surface area contributed by atoms with Crippen molar-refractivity contribution in [3.63, 3.8) is 0 Å². The Labute approximate surface area is 143 Å². The molecule has 0 saturated carbocycles. The van der Waals surface area contributed by atoms with E-state index in [-0.39, 0.29) is 0 Å². The first-order valence-corrected chi connectivity index (χ1v) is 8.55. The highest BCUT2D eigenvalue weighted by molar-refractivity contribution is 5.77. The summed E-state index contributed by atoms with van der Waals surface area (Å²) in [5, 5.41) is 0. The van der Waals surface area contributed by atoms with Gasteiger partial charge in [0.1, 0.15) is 11.5 Å². The zero-order valence-corrected chi connectivity index (χ0v) is 14.2. The van der Waals surface area contributed by atoms with Crippen LogP contribution in [-0.2, 0) is 4.74 Å². The van der Waals surface area contributed by atoms with Gasteiger partial charge in [0.25, 0.3) is 0 Å². The highest BCUT2D eigenvalue weighted by Crippen LogP contribution is 2.36. The van der Waals surface area contributed by atoms with E-state index in [2.05, 4.69) is 0 Å². The summed E-state index contributed by atoms with van der Waals surface area (Å²) in [7, 11) is 1.66. The van der Waals surface area contributed by atoms with Crippen LogP contribution in [0.15, 0.2) is 42.5 Å². The van der Waals surface area contributed by atoms with Gasteiger partial charge >= 0.3 is 0 Å². The Hall–Kier alpha value is -2.20. The molecule has 0 amide bonds. The van der Waals surface area contributed by atoms with E-state index in [1.807, 2.05) is 42.5 Å². The van der Waals surface area contributed by atoms with Crippen LogP contribution >= 0.6 is 0 Å². The summed E-state index contributed by atoms with van der Waals surface area (Å²) in [6, 6.07) is 13.8. The molecule has 0 spiro atoms. The van der Waals surface area contributed by atoms with Crippen LogP contribution in [0.5, 0.6) is 11.5 Å². The molecule has 0 aliphatic carbocycles. The number of anilines is 1. The van der Waals surface area contributed by atoms with Crippen molar-refractivity contribution in [2.24, 2.45) is 0 Å². The molecule has 3 rings (SSSR count). The lowest BCUT2D eigenvalue weighted by molar-refractivity contribution is 0.00412. The summed E-state index contributed by atoms with van der Waals surface area (Å²) >= 11 is 0. The number of nitrogens with two attached hydrogens (primary N) is 1. The summed E-state index contributed by atoms with van der Waals surface area (Å²) in [6.45, 7) is 1.48. The number of hydrogen-bond donors (Lipinski definition) is 1. The Morgan fingerprint density at radius 2 is 1.96 bits per heavy atom. The third kappa shape index (κ3) is 4.01. The van der Waals surface area contributed by atoms with E-state index in [4.69, 9.17) is 19.9 Å². The first-order chi connectivity index (χ1) is 11.8. The fourth-order valence-electron chi connectivity index (χ4n) is 3.04. The van der Waals surface area contributed by atoms with E-state index in [1.165, 1.54) is 12.8 Å². The monoisotopic (exact) mass is 327 g/mol. The minimum absolute atomic E-state index is 0.313. The van der Waals surface area contributed by atoms with Crippen LogP contribution in [0.2, 0.25) is 0 Å². The molecule has 1 aliphatic heterocycles. The maximum Gasteiger partial charge on any atom is 0.149 e. The van der Waals surface area contributed by atoms with Crippen LogP contribution in [-0.4, -0.2) is 26.4 Å². The van der Waals surface area contributed by atoms with Crippen molar-refractivity contribution >= 4 is 5.69 Å². The molecule has 0 bridgehead atoms. The van der Waals surface area contributed by atoms with Crippen LogP contribution in [0.1, 0.15) is 25.7 Å². The predicted molar refractivity (Wildman–Crippen MR) is 96.5 cm³/mol. The van der Waals surface area contributed by atoms with E-state index in [0.717, 1.165) is 42.1 Å². The first kappa shape index (κ1) is 16.7. The molecule has 1 aliphatic rings. The van der Waals surface area contributed by atoms with Gasteiger partial charge in [-0.25, -0.2) is 0 Å². The van der Waals surface area contributed by atoms with Crippen molar-refractivity contribution in [2.45, 2.75) is 31.8 Å². The van der Waals surface area contributed by atoms with Gasteiger partial charge in [0.15, 0.2) is 0 Å². The quantitative estimate of drug-likeness (QED) is 0.805. The SMILES string of the molecule is COc1ccc(-c2cccc(N)c2OCCC2CCCCO2)cc1. The molecule has 0 aromatic heterocycles. The summed E-state index contributed by atoms with van der Waals surface area (Å²) < 4.78 is 17.0. The van der Waals surface area contributed by atoms with Crippen molar-refractivity contribution < 1.29 is 14.2 Å². The van der Waals surface area contributed by atoms with E-state index in [9.17, 15) is 0 Å². The highest BCUT2D eigenvalue weighted by Gasteiger charge is 2.15. The molecule has 128 valence electrons. The van der Waals surface area contributed by atoms with Crippen molar-refractivity contribution in [3.8, 4) is 22.6 Å². The second-order valence-electron chi connectivity index (χ2n) is 6.08. The largest absolute Gasteiger partial charge is 0.497 e. The lowest BCUT2D eigenvalue weighted by Gasteiger charge is -2.23. The molecular weight excluding hydrogens is 302 g/mol. The number of rotatable bonds is 6. The molecule has 1 saturated heterocycles. The molecule has 2 aromatic rings. The minimum atomic E-state index is 0.313. The molecule has 2 N–H and O–H groups in total. The van der Waals surface area contributed by atoms with Gasteiger partial charge < -0.3 is 19.9 Å². The Kier molecular flexibility index (Phi) is 5.59. The number of hydrogen-bond acceptors (Lipinski definition) is 4. The fourth-order valence-corrected chi connectivity index (χ4v) is 3.04. The van der Waals surface area contributed by atoms with Crippen LogP contribution in [0.3, 0.4) is 0 Å². The van der Waals surface area contributed by atoms with Gasteiger partial charge in [-0.15, -0.1) is 0 Å². The van der Waals surface area contributed by atoms with Crippen LogP contribution < -0.4 is 15.2 Å². The smallest absolute Gasteiger partial charge is 0.149 e. The van der Waals surface area contributed by atoms with Crippen molar-refractivity contribution in [1.82, 2.24) is 0 Å². The van der Waals surface area contributed by atoms with Gasteiger partial charge in [-0.2, -0.15) is 0 Å². The zero-order valence-electron chi connectivity index (χ0n) is 14.2. The van der Waals surface area contributed by atoms with Crippen molar-refractivity contribution in [2.75, 3.05) is 26.1 Å². The molecule has 0 radical (unpaired) electrons. The molecule has 2 aromatic carbocycles. The van der Waals surface area contributed by atoms with E-state index in [1.54, 1.807) is 7.11 Å². The average molecular weight is 327 g/mol. The lowest BCUT2D eigenvalue weighted by atomic mass is 10.0. The first-order valence-electron chi connectivity index (χ1n) is 8.55. The summed E-state index contributed by atoms with van der Waals surface area (Å²) in [5.74, 6) is 1.58. The number of ether oxygens (including phenoxy) is 3. The summed E-state index contributed by atoms with van der Waals surface area (Å²) in [5.41, 5.74) is 8.88. The Morgan fingerprint density at radius 3 is 2.67 bits per heavy atom. The van der Waals surface area contributed by atoms with Gasteiger partial charge in [0, 0.05) is 18.6 Å². The minimum Gasteiger partial charge on any atom is -0.497 e. The zero-order chi connectivity index (χ0) is 16.8. The molecule has 1 atom stereocenters. The number of methoxy groups -OCH3 is 1. The molecule has 1 fully saturated rings. The molecule has 1 heterocycles. The highest BCUT2D eigenvalue weighted by atomic mass is 16.5. The van der Waals surface area contributed by atoms with Crippen LogP contribution in [0.4, 0.5) is 5.69 Å². The standard InChI is InChI=1S/C20H25NO3/c1-22-16-10-8-15(9-11-16)18-6-4-7-19(21)20(18)24-14-12-17-5-2-3-13-23-17/h4,6-11,17H,2-3,5,12-14,21H2,1H3. The number of nitrogen functional groups attached to an aromatic ring is 1. The number of benzene rings is 2. The summed E-state index contributed by atoms with van der Waals surface area (Å²) in [6.07, 6.45) is 4.75. The molecule has 24 heavy (non-hydrogen) atoms. The lowest BCUT2D eigenvalue weighted by Crippen LogP contribution is -2.21. The second kappa shape index (κ2) is 8.06. The molecular formula is C20H25NO3. The predicted octanol–water partition coefficient (Wildman–Crippen LogP) is 4.28. The Bertz CT molecular complexity index is 648. The van der Waals surface area contributed by atoms with Crippen molar-refractivity contribution in [1.29, 1.82) is 0 Å². The fraction of sp³-hybridized carbons (Fsp3) is 0.400. The Balaban J connectivity index is 1.71. The third-order valence-corrected chi connectivity index (χ3v) is 4.41. The number of para-hydroxylation sites is 1. The van der Waals surface area contributed by atoms with Gasteiger partial charge in [0.2, 0.25) is 0 Å². The maximum absolute atomic E-state index is 6.15. The molecule has 4 heteroatoms. The van der Waals surface area contributed by atoms with Gasteiger partial charge in [-0.05, 0) is 43.0 Å². The molecule has 4 nitrogen and oxygen atoms in total. The summed E-state index contributed by atoms with van der Waals surface area (Å²) in [4.78, 5) is 0. The van der Waals surface area contributed by atoms with E-state index in [0.29, 0.717) is 18.4 Å². The van der Waals surface area contributed by atoms with Gasteiger partial charge in [-0.3, -0.25) is 0 Å². The topological polar surface area (TPSA) is 53.7 Å². The normalized spacial score (nSPS) is 17.5. The third-order valence-electron chi connectivity index (χ3n) is 4.41. The maximum atomic E-state index is 6.15. The van der Waals surface area contributed by atoms with E-state index < -0.39 is 0 Å². The average Bonchev–Trinajstić information content (AvgIpc) is 2.64. The Morgan fingerprint density at radius 1 is 1.12 bits per heavy atom. The van der Waals surface area contributed by atoms with E-state index >= 15 is 0 Å².